The molecular weight excluding hydrogens is 364 g/mol. The van der Waals surface area contributed by atoms with Crippen LogP contribution in [-0.4, -0.2) is 41.0 Å². The lowest BCUT2D eigenvalue weighted by atomic mass is 10.2. The van der Waals surface area contributed by atoms with Gasteiger partial charge >= 0.3 is 12.0 Å². The Bertz CT molecular complexity index is 988. The summed E-state index contributed by atoms with van der Waals surface area (Å²) >= 11 is 0. The summed E-state index contributed by atoms with van der Waals surface area (Å²) in [7, 11) is 1.74. The second kappa shape index (κ2) is 8.53. The van der Waals surface area contributed by atoms with Crippen LogP contribution in [0.4, 0.5) is 0 Å². The van der Waals surface area contributed by atoms with Crippen LogP contribution in [0.3, 0.4) is 0 Å². The summed E-state index contributed by atoms with van der Waals surface area (Å²) in [5.74, 6) is 0.0256. The number of ether oxygens (including phenoxy) is 2. The summed E-state index contributed by atoms with van der Waals surface area (Å²) in [6.45, 7) is 3.18. The van der Waals surface area contributed by atoms with Crippen molar-refractivity contribution in [2.24, 2.45) is 7.05 Å². The molecule has 10 heteroatoms. The van der Waals surface area contributed by atoms with E-state index in [1.165, 1.54) is 13.1 Å². The Balaban J connectivity index is 1.87. The average Bonchev–Trinajstić information content (AvgIpc) is 3.07. The van der Waals surface area contributed by atoms with Gasteiger partial charge in [0, 0.05) is 20.2 Å². The molecule has 0 aliphatic carbocycles. The number of rotatable bonds is 7. The van der Waals surface area contributed by atoms with Crippen molar-refractivity contribution in [3.63, 3.8) is 0 Å². The molecule has 0 amide bonds. The number of aryl methyl sites for hydroxylation is 2. The lowest BCUT2D eigenvalue weighted by molar-refractivity contribution is -0.131. The number of aromatic nitrogens is 6. The molecule has 0 bridgehead atoms. The largest absolute Gasteiger partial charge is 0.457 e. The van der Waals surface area contributed by atoms with Gasteiger partial charge < -0.3 is 14.6 Å². The number of esters is 1. The van der Waals surface area contributed by atoms with Crippen molar-refractivity contribution >= 4 is 5.97 Å². The van der Waals surface area contributed by atoms with Crippen LogP contribution in [0, 0.1) is 0 Å². The van der Waals surface area contributed by atoms with E-state index < -0.39 is 5.97 Å². The number of carbonyl (C=O) groups is 1. The summed E-state index contributed by atoms with van der Waals surface area (Å²) in [4.78, 5) is 23.9. The van der Waals surface area contributed by atoms with Gasteiger partial charge in [0.2, 0.25) is 0 Å². The van der Waals surface area contributed by atoms with E-state index in [-0.39, 0.29) is 19.2 Å². The fourth-order valence-corrected chi connectivity index (χ4v) is 2.53. The van der Waals surface area contributed by atoms with Crippen molar-refractivity contribution in [1.29, 1.82) is 0 Å². The summed E-state index contributed by atoms with van der Waals surface area (Å²) in [5.41, 5.74) is 2.91. The van der Waals surface area contributed by atoms with Gasteiger partial charge in [-0.2, -0.15) is 4.98 Å². The summed E-state index contributed by atoms with van der Waals surface area (Å²) in [6.07, 6.45) is 2.10. The molecule has 10 nitrogen and oxygen atoms in total. The monoisotopic (exact) mass is 384 g/mol. The number of nitrogens with zero attached hydrogens (tertiary/aromatic N) is 6. The summed E-state index contributed by atoms with van der Waals surface area (Å²) < 4.78 is 12.4. The van der Waals surface area contributed by atoms with Crippen LogP contribution >= 0.6 is 0 Å². The minimum absolute atomic E-state index is 0.114. The standard InChI is InChI=1S/C18H20N6O4/c1-4-13-16(28-11(2)26)6-5-14(21-13)17-15(24(3)23-22-17)10-27-18-19-8-7-12(9-25)20-18/h5-8,25H,4,9-10H2,1-3H3. The normalized spacial score (nSPS) is 10.7. The Morgan fingerprint density at radius 2 is 2.07 bits per heavy atom. The highest BCUT2D eigenvalue weighted by Gasteiger charge is 2.17. The second-order valence-corrected chi connectivity index (χ2v) is 5.87. The van der Waals surface area contributed by atoms with E-state index in [0.717, 1.165) is 0 Å². The van der Waals surface area contributed by atoms with Gasteiger partial charge in [-0.05, 0) is 24.6 Å². The highest BCUT2D eigenvalue weighted by atomic mass is 16.5. The fraction of sp³-hybridized carbons (Fsp3) is 0.333. The van der Waals surface area contributed by atoms with E-state index in [1.54, 1.807) is 29.9 Å². The number of hydrogen-bond donors (Lipinski definition) is 1. The van der Waals surface area contributed by atoms with Crippen LogP contribution in [0.25, 0.3) is 11.4 Å². The third-order valence-electron chi connectivity index (χ3n) is 3.90. The van der Waals surface area contributed by atoms with Crippen LogP contribution in [0.1, 0.15) is 30.9 Å². The van der Waals surface area contributed by atoms with Crippen LogP contribution in [0.5, 0.6) is 11.8 Å². The molecule has 28 heavy (non-hydrogen) atoms. The van der Waals surface area contributed by atoms with E-state index in [0.29, 0.717) is 40.6 Å². The minimum atomic E-state index is -0.400. The molecule has 0 radical (unpaired) electrons. The number of carbonyl (C=O) groups excluding carboxylic acids is 1. The van der Waals surface area contributed by atoms with Gasteiger partial charge in [0.15, 0.2) is 5.75 Å². The number of pyridine rings is 1. The topological polar surface area (TPSA) is 125 Å². The first-order chi connectivity index (χ1) is 13.5. The second-order valence-electron chi connectivity index (χ2n) is 5.87. The highest BCUT2D eigenvalue weighted by Crippen LogP contribution is 2.25. The molecule has 3 rings (SSSR count). The summed E-state index contributed by atoms with van der Waals surface area (Å²) in [6, 6.07) is 5.15. The predicted molar refractivity (Wildman–Crippen MR) is 97.2 cm³/mol. The first-order valence-corrected chi connectivity index (χ1v) is 8.64. The molecular formula is C18H20N6O4. The van der Waals surface area contributed by atoms with E-state index in [2.05, 4.69) is 25.3 Å². The van der Waals surface area contributed by atoms with Crippen molar-refractivity contribution in [3.05, 3.63) is 41.5 Å². The van der Waals surface area contributed by atoms with Gasteiger partial charge in [-0.1, -0.05) is 12.1 Å². The molecule has 0 aromatic carbocycles. The third-order valence-corrected chi connectivity index (χ3v) is 3.90. The van der Waals surface area contributed by atoms with E-state index in [1.807, 2.05) is 6.92 Å². The molecule has 0 aliphatic heterocycles. The SMILES string of the molecule is CCc1nc(-c2nnn(C)c2COc2nccc(CO)n2)ccc1OC(C)=O. The first-order valence-electron chi connectivity index (χ1n) is 8.64. The van der Waals surface area contributed by atoms with Crippen molar-refractivity contribution in [3.8, 4) is 23.1 Å². The predicted octanol–water partition coefficient (Wildman–Crippen LogP) is 1.23. The molecule has 0 fully saturated rings. The van der Waals surface area contributed by atoms with Crippen LogP contribution < -0.4 is 9.47 Å². The van der Waals surface area contributed by atoms with Crippen molar-refractivity contribution in [2.45, 2.75) is 33.5 Å². The highest BCUT2D eigenvalue weighted by molar-refractivity contribution is 5.70. The fourth-order valence-electron chi connectivity index (χ4n) is 2.53. The molecule has 3 aromatic rings. The zero-order chi connectivity index (χ0) is 20.1. The number of aliphatic hydroxyl groups is 1. The van der Waals surface area contributed by atoms with Gasteiger partial charge in [-0.3, -0.25) is 4.79 Å². The van der Waals surface area contributed by atoms with Crippen LogP contribution in [0.2, 0.25) is 0 Å². The van der Waals surface area contributed by atoms with E-state index in [9.17, 15) is 4.79 Å². The molecule has 1 N–H and O–H groups in total. The Hall–Kier alpha value is -3.40. The van der Waals surface area contributed by atoms with Crippen molar-refractivity contribution < 1.29 is 19.4 Å². The van der Waals surface area contributed by atoms with Crippen LogP contribution in [-0.2, 0) is 31.5 Å². The van der Waals surface area contributed by atoms with Crippen molar-refractivity contribution in [1.82, 2.24) is 29.9 Å². The molecule has 0 aliphatic rings. The maximum absolute atomic E-state index is 11.2. The first kappa shape index (κ1) is 19.4. The zero-order valence-electron chi connectivity index (χ0n) is 15.8. The molecule has 0 saturated carbocycles. The van der Waals surface area contributed by atoms with E-state index in [4.69, 9.17) is 14.6 Å². The maximum Gasteiger partial charge on any atom is 0.317 e. The average molecular weight is 384 g/mol. The molecule has 3 aromatic heterocycles. The van der Waals surface area contributed by atoms with E-state index >= 15 is 0 Å². The maximum atomic E-state index is 11.2. The van der Waals surface area contributed by atoms with Gasteiger partial charge in [0.1, 0.15) is 18.0 Å². The Kier molecular flexibility index (Phi) is 5.90. The molecule has 3 heterocycles. The molecule has 0 saturated heterocycles. The van der Waals surface area contributed by atoms with Crippen molar-refractivity contribution in [2.75, 3.05) is 0 Å². The Morgan fingerprint density at radius 1 is 1.25 bits per heavy atom. The van der Waals surface area contributed by atoms with Gasteiger partial charge in [-0.25, -0.2) is 14.6 Å². The number of hydrogen-bond acceptors (Lipinski definition) is 9. The zero-order valence-corrected chi connectivity index (χ0v) is 15.8. The quantitative estimate of drug-likeness (QED) is 0.599. The Morgan fingerprint density at radius 3 is 2.79 bits per heavy atom. The smallest absolute Gasteiger partial charge is 0.317 e. The molecule has 0 unspecified atom stereocenters. The van der Waals surface area contributed by atoms with Gasteiger partial charge in [0.05, 0.1) is 23.7 Å². The molecule has 0 atom stereocenters. The molecule has 0 spiro atoms. The number of aliphatic hydroxyl groups excluding tert-OH is 1. The summed E-state index contributed by atoms with van der Waals surface area (Å²) in [5, 5.41) is 17.4. The lowest BCUT2D eigenvalue weighted by Gasteiger charge is -2.09. The lowest BCUT2D eigenvalue weighted by Crippen LogP contribution is -2.08. The van der Waals surface area contributed by atoms with Crippen LogP contribution in [0.15, 0.2) is 24.4 Å². The molecule has 146 valence electrons. The minimum Gasteiger partial charge on any atom is -0.457 e. The Labute approximate surface area is 161 Å². The van der Waals surface area contributed by atoms with Gasteiger partial charge in [-0.15, -0.1) is 5.10 Å². The third kappa shape index (κ3) is 4.29. The van der Waals surface area contributed by atoms with Gasteiger partial charge in [0.25, 0.3) is 0 Å².